The van der Waals surface area contributed by atoms with Gasteiger partial charge < -0.3 is 24.6 Å². The van der Waals surface area contributed by atoms with Crippen LogP contribution in [0.4, 0.5) is 18.0 Å². The Morgan fingerprint density at radius 2 is 1.83 bits per heavy atom. The zero-order valence-electron chi connectivity index (χ0n) is 23.9. The van der Waals surface area contributed by atoms with Gasteiger partial charge in [0.05, 0.1) is 6.04 Å². The number of carbonyl (C=O) groups excluding carboxylic acids is 2. The van der Waals surface area contributed by atoms with Crippen LogP contribution in [-0.4, -0.2) is 67.3 Å². The van der Waals surface area contributed by atoms with E-state index in [2.05, 4.69) is 9.97 Å². The molecule has 0 aliphatic carbocycles. The lowest BCUT2D eigenvalue weighted by atomic mass is 9.86. The number of alkyl halides is 3. The van der Waals surface area contributed by atoms with Crippen molar-refractivity contribution in [2.75, 3.05) is 13.1 Å². The van der Waals surface area contributed by atoms with Gasteiger partial charge in [-0.05, 0) is 93.8 Å². The summed E-state index contributed by atoms with van der Waals surface area (Å²) in [6.07, 6.45) is -0.260. The summed E-state index contributed by atoms with van der Waals surface area (Å²) < 4.78 is 46.3. The Kier molecular flexibility index (Phi) is 7.08. The fourth-order valence-corrected chi connectivity index (χ4v) is 5.69. The molecule has 11 heteroatoms. The number of carbonyl (C=O) groups is 2. The number of ether oxygens (including phenoxy) is 1. The molecule has 0 bridgehead atoms. The monoisotopic (exact) mass is 572 g/mol. The van der Waals surface area contributed by atoms with Crippen LogP contribution in [0.1, 0.15) is 68.8 Å². The van der Waals surface area contributed by atoms with Crippen molar-refractivity contribution in [1.82, 2.24) is 19.8 Å². The first-order valence-electron chi connectivity index (χ1n) is 13.7. The second kappa shape index (κ2) is 10.0. The molecule has 1 aromatic carbocycles. The van der Waals surface area contributed by atoms with Gasteiger partial charge in [0.15, 0.2) is 0 Å². The van der Waals surface area contributed by atoms with Crippen molar-refractivity contribution in [2.24, 2.45) is 0 Å². The number of pyridine rings is 1. The topological polar surface area (TPSA) is 98.8 Å². The molecule has 0 spiro atoms. The Labute approximate surface area is 236 Å². The molecule has 1 saturated heterocycles. The Hall–Kier alpha value is -3.60. The van der Waals surface area contributed by atoms with Gasteiger partial charge in [-0.3, -0.25) is 4.79 Å². The average molecular weight is 573 g/mol. The van der Waals surface area contributed by atoms with Gasteiger partial charge in [-0.2, -0.15) is 13.2 Å². The number of H-pyrrole nitrogens is 1. The summed E-state index contributed by atoms with van der Waals surface area (Å²) in [5.41, 5.74) is 1.68. The Morgan fingerprint density at radius 1 is 1.10 bits per heavy atom. The summed E-state index contributed by atoms with van der Waals surface area (Å²) in [7, 11) is 0. The SMILES string of the molecule is Cc1c[nH]c2ncc(-c3cc4c(c([C@@H]5CCCN5C(=O)OC(C)(C)C)c3)CN(C(=O)[C@](C)(O)C(F)(F)F)CC4)cc12. The van der Waals surface area contributed by atoms with E-state index in [-0.39, 0.29) is 19.1 Å². The van der Waals surface area contributed by atoms with Crippen LogP contribution in [0.3, 0.4) is 0 Å². The number of aromatic nitrogens is 2. The largest absolute Gasteiger partial charge is 0.444 e. The molecule has 8 nitrogen and oxygen atoms in total. The number of likely N-dealkylation sites (tertiary alicyclic amines) is 1. The number of aliphatic hydroxyl groups is 1. The molecule has 4 heterocycles. The van der Waals surface area contributed by atoms with Gasteiger partial charge in [-0.1, -0.05) is 6.07 Å². The molecule has 0 unspecified atom stereocenters. The quantitative estimate of drug-likeness (QED) is 0.413. The van der Waals surface area contributed by atoms with Crippen LogP contribution < -0.4 is 0 Å². The first kappa shape index (κ1) is 28.9. The number of halogens is 3. The zero-order valence-corrected chi connectivity index (χ0v) is 23.9. The lowest BCUT2D eigenvalue weighted by Crippen LogP contribution is -2.56. The number of hydrogen-bond acceptors (Lipinski definition) is 5. The van der Waals surface area contributed by atoms with E-state index in [9.17, 15) is 27.9 Å². The lowest BCUT2D eigenvalue weighted by Gasteiger charge is -2.37. The Balaban J connectivity index is 1.59. The fraction of sp³-hybridized carbons (Fsp3) is 0.500. The van der Waals surface area contributed by atoms with E-state index in [1.807, 2.05) is 31.3 Å². The molecule has 0 radical (unpaired) electrons. The molecule has 41 heavy (non-hydrogen) atoms. The third-order valence-electron chi connectivity index (χ3n) is 7.94. The molecule has 2 aromatic heterocycles. The molecule has 2 atom stereocenters. The van der Waals surface area contributed by atoms with Gasteiger partial charge in [0.1, 0.15) is 11.2 Å². The number of hydrogen-bond donors (Lipinski definition) is 2. The van der Waals surface area contributed by atoms with Crippen molar-refractivity contribution in [1.29, 1.82) is 0 Å². The van der Waals surface area contributed by atoms with E-state index in [1.54, 1.807) is 31.9 Å². The third kappa shape index (κ3) is 5.39. The van der Waals surface area contributed by atoms with Crippen molar-refractivity contribution >= 4 is 23.0 Å². The average Bonchev–Trinajstić information content (AvgIpc) is 3.52. The minimum absolute atomic E-state index is 0.0234. The second-order valence-corrected chi connectivity index (χ2v) is 12.2. The van der Waals surface area contributed by atoms with Crippen LogP contribution >= 0.6 is 0 Å². The maximum Gasteiger partial charge on any atom is 0.426 e. The van der Waals surface area contributed by atoms with Crippen LogP contribution in [0, 0.1) is 6.92 Å². The summed E-state index contributed by atoms with van der Waals surface area (Å²) in [4.78, 5) is 36.5. The van der Waals surface area contributed by atoms with Crippen LogP contribution in [0.15, 0.2) is 30.6 Å². The van der Waals surface area contributed by atoms with Crippen LogP contribution in [0.5, 0.6) is 0 Å². The number of amides is 2. The third-order valence-corrected chi connectivity index (χ3v) is 7.94. The number of aryl methyl sites for hydroxylation is 1. The molecule has 2 aliphatic rings. The van der Waals surface area contributed by atoms with E-state index in [0.29, 0.717) is 31.9 Å². The number of fused-ring (bicyclic) bond motifs is 2. The molecule has 3 aromatic rings. The second-order valence-electron chi connectivity index (χ2n) is 12.2. The first-order valence-corrected chi connectivity index (χ1v) is 13.7. The van der Waals surface area contributed by atoms with Crippen molar-refractivity contribution in [3.05, 3.63) is 52.8 Å². The van der Waals surface area contributed by atoms with Crippen molar-refractivity contribution in [3.63, 3.8) is 0 Å². The number of nitrogens with one attached hydrogen (secondary N) is 1. The van der Waals surface area contributed by atoms with Crippen molar-refractivity contribution in [3.8, 4) is 11.1 Å². The molecule has 220 valence electrons. The van der Waals surface area contributed by atoms with E-state index >= 15 is 0 Å². The van der Waals surface area contributed by atoms with E-state index < -0.39 is 29.4 Å². The predicted octanol–water partition coefficient (Wildman–Crippen LogP) is 5.81. The van der Waals surface area contributed by atoms with E-state index in [0.717, 1.165) is 50.2 Å². The van der Waals surface area contributed by atoms with Crippen LogP contribution in [0.2, 0.25) is 0 Å². The summed E-state index contributed by atoms with van der Waals surface area (Å²) in [5.74, 6) is -1.39. The van der Waals surface area contributed by atoms with Gasteiger partial charge in [0.2, 0.25) is 5.60 Å². The number of nitrogens with zero attached hydrogens (tertiary/aromatic N) is 3. The number of benzene rings is 1. The molecule has 2 amide bonds. The van der Waals surface area contributed by atoms with Crippen LogP contribution in [-0.2, 0) is 22.5 Å². The number of aromatic amines is 1. The lowest BCUT2D eigenvalue weighted by molar-refractivity contribution is -0.250. The summed E-state index contributed by atoms with van der Waals surface area (Å²) in [6, 6.07) is 5.59. The molecule has 5 rings (SSSR count). The van der Waals surface area contributed by atoms with Crippen LogP contribution in [0.25, 0.3) is 22.2 Å². The highest BCUT2D eigenvalue weighted by Gasteiger charge is 2.57. The highest BCUT2D eigenvalue weighted by molar-refractivity contribution is 5.86. The predicted molar refractivity (Wildman–Crippen MR) is 147 cm³/mol. The van der Waals surface area contributed by atoms with Gasteiger partial charge in [0.25, 0.3) is 5.91 Å². The molecule has 0 saturated carbocycles. The maximum absolute atomic E-state index is 13.5. The minimum Gasteiger partial charge on any atom is -0.444 e. The first-order chi connectivity index (χ1) is 19.1. The van der Waals surface area contributed by atoms with Gasteiger partial charge in [-0.25, -0.2) is 9.78 Å². The normalized spacial score (nSPS) is 19.3. The molecule has 1 fully saturated rings. The van der Waals surface area contributed by atoms with E-state index in [4.69, 9.17) is 4.74 Å². The fourth-order valence-electron chi connectivity index (χ4n) is 5.69. The molecular formula is C30H35F3N4O4. The molecule has 2 N–H and O–H groups in total. The van der Waals surface area contributed by atoms with E-state index in [1.165, 1.54) is 0 Å². The zero-order chi connectivity index (χ0) is 29.9. The van der Waals surface area contributed by atoms with Gasteiger partial charge in [-0.15, -0.1) is 0 Å². The minimum atomic E-state index is -5.11. The van der Waals surface area contributed by atoms with Crippen molar-refractivity contribution in [2.45, 2.75) is 83.8 Å². The molecule has 2 aliphatic heterocycles. The smallest absolute Gasteiger partial charge is 0.426 e. The summed E-state index contributed by atoms with van der Waals surface area (Å²) >= 11 is 0. The highest BCUT2D eigenvalue weighted by Crippen LogP contribution is 2.41. The summed E-state index contributed by atoms with van der Waals surface area (Å²) in [5, 5.41) is 11.1. The Morgan fingerprint density at radius 3 is 2.51 bits per heavy atom. The highest BCUT2D eigenvalue weighted by atomic mass is 19.4. The van der Waals surface area contributed by atoms with Gasteiger partial charge in [0, 0.05) is 43.0 Å². The Bertz CT molecular complexity index is 1510. The number of rotatable bonds is 3. The standard InChI is InChI=1S/C30H35F3N4O4/c1-17-14-34-25-21(17)13-20(15-35-25)19-11-18-8-10-36(26(38)29(5,40)30(31,32)33)16-23(18)22(12-19)24-7-6-9-37(24)27(39)41-28(2,3)4/h11-15,24,40H,6-10,16H2,1-5H3,(H,34,35)/t24-,29-/m0/s1. The van der Waals surface area contributed by atoms with Crippen molar-refractivity contribution < 1.29 is 32.6 Å². The maximum atomic E-state index is 13.5. The van der Waals surface area contributed by atoms with Gasteiger partial charge >= 0.3 is 12.3 Å². The molecular weight excluding hydrogens is 537 g/mol. The summed E-state index contributed by atoms with van der Waals surface area (Å²) in [6.45, 7) is 8.24.